The standard InChI is InChI=1S/C21H26N2O3/c1-5-25-16-11-15(12-17(13-16)26-6-2)20(24)23-14-21(3,4)22-18-9-7-8-10-19(18)23/h7-13,22H,5-6,14H2,1-4H3. The maximum Gasteiger partial charge on any atom is 0.258 e. The van der Waals surface area contributed by atoms with Crippen molar-refractivity contribution in [3.8, 4) is 11.5 Å². The summed E-state index contributed by atoms with van der Waals surface area (Å²) in [6.07, 6.45) is 0. The van der Waals surface area contributed by atoms with E-state index in [0.717, 1.165) is 11.4 Å². The van der Waals surface area contributed by atoms with Crippen molar-refractivity contribution < 1.29 is 14.3 Å². The van der Waals surface area contributed by atoms with Crippen molar-refractivity contribution in [3.63, 3.8) is 0 Å². The van der Waals surface area contributed by atoms with Crippen LogP contribution in [-0.4, -0.2) is 31.2 Å². The molecule has 0 radical (unpaired) electrons. The minimum atomic E-state index is -0.218. The fourth-order valence-electron chi connectivity index (χ4n) is 3.23. The first kappa shape index (κ1) is 18.1. The van der Waals surface area contributed by atoms with Crippen LogP contribution >= 0.6 is 0 Å². The van der Waals surface area contributed by atoms with E-state index in [1.807, 2.05) is 49.1 Å². The largest absolute Gasteiger partial charge is 0.494 e. The molecular weight excluding hydrogens is 328 g/mol. The Morgan fingerprint density at radius 2 is 1.69 bits per heavy atom. The van der Waals surface area contributed by atoms with Crippen LogP contribution in [0, 0.1) is 0 Å². The molecule has 0 spiro atoms. The van der Waals surface area contributed by atoms with Crippen molar-refractivity contribution in [2.75, 3.05) is 30.0 Å². The maximum atomic E-state index is 13.4. The summed E-state index contributed by atoms with van der Waals surface area (Å²) in [4.78, 5) is 15.2. The van der Waals surface area contributed by atoms with Crippen LogP contribution in [0.1, 0.15) is 38.1 Å². The highest BCUT2D eigenvalue weighted by Gasteiger charge is 2.33. The number of hydrogen-bond acceptors (Lipinski definition) is 4. The molecule has 1 amide bonds. The van der Waals surface area contributed by atoms with Gasteiger partial charge in [-0.1, -0.05) is 12.1 Å². The quantitative estimate of drug-likeness (QED) is 0.868. The molecule has 0 saturated heterocycles. The van der Waals surface area contributed by atoms with Gasteiger partial charge >= 0.3 is 0 Å². The van der Waals surface area contributed by atoms with Crippen LogP contribution in [0.15, 0.2) is 42.5 Å². The van der Waals surface area contributed by atoms with E-state index in [9.17, 15) is 4.79 Å². The number of ether oxygens (including phenoxy) is 2. The zero-order valence-corrected chi connectivity index (χ0v) is 15.8. The fraction of sp³-hybridized carbons (Fsp3) is 0.381. The minimum Gasteiger partial charge on any atom is -0.494 e. The smallest absolute Gasteiger partial charge is 0.258 e. The van der Waals surface area contributed by atoms with Gasteiger partial charge in [-0.05, 0) is 52.0 Å². The van der Waals surface area contributed by atoms with Crippen LogP contribution in [-0.2, 0) is 0 Å². The first-order valence-electron chi connectivity index (χ1n) is 9.03. The van der Waals surface area contributed by atoms with Crippen molar-refractivity contribution >= 4 is 17.3 Å². The summed E-state index contributed by atoms with van der Waals surface area (Å²) >= 11 is 0. The Morgan fingerprint density at radius 3 is 2.31 bits per heavy atom. The van der Waals surface area contributed by atoms with E-state index in [1.54, 1.807) is 12.1 Å². The molecule has 2 aromatic carbocycles. The van der Waals surface area contributed by atoms with Crippen molar-refractivity contribution in [2.24, 2.45) is 0 Å². The molecule has 1 aliphatic heterocycles. The topological polar surface area (TPSA) is 50.8 Å². The average molecular weight is 354 g/mol. The molecule has 1 aliphatic rings. The molecule has 5 nitrogen and oxygen atoms in total. The SMILES string of the molecule is CCOc1cc(OCC)cc(C(=O)N2CC(C)(C)Nc3ccccc32)c1. The second-order valence-corrected chi connectivity index (χ2v) is 6.98. The summed E-state index contributed by atoms with van der Waals surface area (Å²) in [5.74, 6) is 1.23. The Bertz CT molecular complexity index is 777. The highest BCUT2D eigenvalue weighted by molar-refractivity contribution is 6.09. The summed E-state index contributed by atoms with van der Waals surface area (Å²) in [7, 11) is 0. The lowest BCUT2D eigenvalue weighted by Crippen LogP contribution is -2.50. The van der Waals surface area contributed by atoms with Gasteiger partial charge < -0.3 is 19.7 Å². The lowest BCUT2D eigenvalue weighted by Gasteiger charge is -2.41. The molecule has 0 saturated carbocycles. The average Bonchev–Trinajstić information content (AvgIpc) is 2.60. The number of rotatable bonds is 5. The van der Waals surface area contributed by atoms with E-state index in [0.29, 0.717) is 36.8 Å². The van der Waals surface area contributed by atoms with E-state index >= 15 is 0 Å². The number of benzene rings is 2. The molecule has 0 fully saturated rings. The van der Waals surface area contributed by atoms with Crippen LogP contribution in [0.3, 0.4) is 0 Å². The van der Waals surface area contributed by atoms with Gasteiger partial charge in [0.25, 0.3) is 5.91 Å². The molecule has 0 aromatic heterocycles. The zero-order valence-electron chi connectivity index (χ0n) is 15.8. The summed E-state index contributed by atoms with van der Waals surface area (Å²) in [6, 6.07) is 13.3. The molecule has 0 aliphatic carbocycles. The van der Waals surface area contributed by atoms with Crippen molar-refractivity contribution in [1.29, 1.82) is 0 Å². The molecule has 3 rings (SSSR count). The van der Waals surface area contributed by atoms with Crippen LogP contribution in [0.4, 0.5) is 11.4 Å². The second-order valence-electron chi connectivity index (χ2n) is 6.98. The molecule has 0 unspecified atom stereocenters. The first-order chi connectivity index (χ1) is 12.4. The zero-order chi connectivity index (χ0) is 18.7. The third-order valence-electron chi connectivity index (χ3n) is 4.22. The number of amides is 1. The second kappa shape index (κ2) is 7.28. The Labute approximate surface area is 154 Å². The monoisotopic (exact) mass is 354 g/mol. The van der Waals surface area contributed by atoms with Gasteiger partial charge in [0.05, 0.1) is 24.6 Å². The highest BCUT2D eigenvalue weighted by Crippen LogP contribution is 2.35. The summed E-state index contributed by atoms with van der Waals surface area (Å²) in [5.41, 5.74) is 2.19. The fourth-order valence-corrected chi connectivity index (χ4v) is 3.23. The van der Waals surface area contributed by atoms with E-state index in [4.69, 9.17) is 9.47 Å². The third kappa shape index (κ3) is 3.77. The molecule has 1 heterocycles. The molecule has 1 N–H and O–H groups in total. The molecule has 26 heavy (non-hydrogen) atoms. The molecular formula is C21H26N2O3. The normalized spacial score (nSPS) is 15.0. The third-order valence-corrected chi connectivity index (χ3v) is 4.22. The van der Waals surface area contributed by atoms with E-state index in [2.05, 4.69) is 19.2 Å². The van der Waals surface area contributed by atoms with Gasteiger partial charge in [-0.15, -0.1) is 0 Å². The van der Waals surface area contributed by atoms with Gasteiger partial charge in [0, 0.05) is 23.7 Å². The number of carbonyl (C=O) groups excluding carboxylic acids is 1. The van der Waals surface area contributed by atoms with Crippen LogP contribution in [0.2, 0.25) is 0 Å². The van der Waals surface area contributed by atoms with Crippen molar-refractivity contribution in [2.45, 2.75) is 33.2 Å². The number of nitrogens with zero attached hydrogens (tertiary/aromatic N) is 1. The van der Waals surface area contributed by atoms with Gasteiger partial charge in [-0.2, -0.15) is 0 Å². The number of hydrogen-bond donors (Lipinski definition) is 1. The molecule has 0 atom stereocenters. The van der Waals surface area contributed by atoms with Gasteiger partial charge in [0.2, 0.25) is 0 Å². The van der Waals surface area contributed by atoms with E-state index in [1.165, 1.54) is 0 Å². The van der Waals surface area contributed by atoms with Crippen LogP contribution in [0.25, 0.3) is 0 Å². The molecule has 0 bridgehead atoms. The predicted molar refractivity (Wildman–Crippen MR) is 105 cm³/mol. The number of carbonyl (C=O) groups is 1. The van der Waals surface area contributed by atoms with Gasteiger partial charge in [-0.3, -0.25) is 4.79 Å². The van der Waals surface area contributed by atoms with Gasteiger partial charge in [0.1, 0.15) is 11.5 Å². The molecule has 138 valence electrons. The van der Waals surface area contributed by atoms with E-state index in [-0.39, 0.29) is 11.4 Å². The Kier molecular flexibility index (Phi) is 5.07. The van der Waals surface area contributed by atoms with Gasteiger partial charge in [0.15, 0.2) is 0 Å². The Balaban J connectivity index is 2.01. The molecule has 2 aromatic rings. The van der Waals surface area contributed by atoms with Crippen molar-refractivity contribution in [3.05, 3.63) is 48.0 Å². The molecule has 5 heteroatoms. The van der Waals surface area contributed by atoms with Crippen molar-refractivity contribution in [1.82, 2.24) is 0 Å². The summed E-state index contributed by atoms with van der Waals surface area (Å²) in [5, 5.41) is 3.49. The van der Waals surface area contributed by atoms with Gasteiger partial charge in [-0.25, -0.2) is 0 Å². The number of fused-ring (bicyclic) bond motifs is 1. The highest BCUT2D eigenvalue weighted by atomic mass is 16.5. The first-order valence-corrected chi connectivity index (χ1v) is 9.03. The number of anilines is 2. The Hall–Kier alpha value is -2.69. The van der Waals surface area contributed by atoms with Crippen LogP contribution < -0.4 is 19.7 Å². The maximum absolute atomic E-state index is 13.4. The predicted octanol–water partition coefficient (Wildman–Crippen LogP) is 4.33. The number of para-hydroxylation sites is 2. The summed E-state index contributed by atoms with van der Waals surface area (Å²) < 4.78 is 11.2. The van der Waals surface area contributed by atoms with Crippen LogP contribution in [0.5, 0.6) is 11.5 Å². The number of nitrogens with one attached hydrogen (secondary N) is 1. The summed E-state index contributed by atoms with van der Waals surface area (Å²) in [6.45, 7) is 9.66. The lowest BCUT2D eigenvalue weighted by molar-refractivity contribution is 0.0980. The van der Waals surface area contributed by atoms with E-state index < -0.39 is 0 Å². The minimum absolute atomic E-state index is 0.0606. The lowest BCUT2D eigenvalue weighted by atomic mass is 9.98. The Morgan fingerprint density at radius 1 is 1.08 bits per heavy atom.